The third-order valence-electron chi connectivity index (χ3n) is 4.87. The van der Waals surface area contributed by atoms with Crippen molar-refractivity contribution in [2.45, 2.75) is 6.18 Å². The van der Waals surface area contributed by atoms with Crippen molar-refractivity contribution in [3.05, 3.63) is 65.7 Å². The molecule has 0 aromatic heterocycles. The first-order valence-corrected chi connectivity index (χ1v) is 11.0. The zero-order valence-corrected chi connectivity index (χ0v) is 16.9. The molecule has 30 heavy (non-hydrogen) atoms. The fourth-order valence-electron chi connectivity index (χ4n) is 3.20. The number of para-hydroxylation sites is 1. The maximum absolute atomic E-state index is 12.6. The van der Waals surface area contributed by atoms with Crippen molar-refractivity contribution in [2.75, 3.05) is 43.4 Å². The second-order valence-electron chi connectivity index (χ2n) is 6.87. The maximum Gasteiger partial charge on any atom is 0.416 e. The number of rotatable bonds is 6. The zero-order chi connectivity index (χ0) is 21.8. The molecule has 0 bridgehead atoms. The van der Waals surface area contributed by atoms with Crippen LogP contribution in [0.4, 0.5) is 18.9 Å². The SMILES string of the molecule is O=C(NCCS(=O)(=O)N1CCN(c2ccccc2)CC1)c1ccc(C(F)(F)F)cc1. The molecule has 1 saturated heterocycles. The minimum Gasteiger partial charge on any atom is -0.369 e. The topological polar surface area (TPSA) is 69.7 Å². The summed E-state index contributed by atoms with van der Waals surface area (Å²) in [5, 5.41) is 2.45. The van der Waals surface area contributed by atoms with Crippen molar-refractivity contribution < 1.29 is 26.4 Å². The van der Waals surface area contributed by atoms with Gasteiger partial charge < -0.3 is 10.2 Å². The predicted molar refractivity (Wildman–Crippen MR) is 108 cm³/mol. The van der Waals surface area contributed by atoms with E-state index in [9.17, 15) is 26.4 Å². The Hall–Kier alpha value is -2.59. The molecule has 162 valence electrons. The number of carbonyl (C=O) groups excluding carboxylic acids is 1. The molecule has 3 rings (SSSR count). The van der Waals surface area contributed by atoms with Crippen LogP contribution in [0.3, 0.4) is 0 Å². The Kier molecular flexibility index (Phi) is 6.67. The van der Waals surface area contributed by atoms with Crippen molar-refractivity contribution in [3.63, 3.8) is 0 Å². The van der Waals surface area contributed by atoms with Crippen LogP contribution in [0.1, 0.15) is 15.9 Å². The highest BCUT2D eigenvalue weighted by molar-refractivity contribution is 7.89. The Morgan fingerprint density at radius 3 is 2.10 bits per heavy atom. The zero-order valence-electron chi connectivity index (χ0n) is 16.1. The van der Waals surface area contributed by atoms with Gasteiger partial charge in [-0.2, -0.15) is 17.5 Å². The van der Waals surface area contributed by atoms with Gasteiger partial charge in [0.25, 0.3) is 5.91 Å². The van der Waals surface area contributed by atoms with Gasteiger partial charge in [0.15, 0.2) is 0 Å². The van der Waals surface area contributed by atoms with Crippen LogP contribution in [0.25, 0.3) is 0 Å². The van der Waals surface area contributed by atoms with Gasteiger partial charge in [0, 0.05) is 44.0 Å². The lowest BCUT2D eigenvalue weighted by Gasteiger charge is -2.35. The van der Waals surface area contributed by atoms with Crippen molar-refractivity contribution in [1.82, 2.24) is 9.62 Å². The summed E-state index contributed by atoms with van der Waals surface area (Å²) < 4.78 is 64.2. The van der Waals surface area contributed by atoms with Crippen LogP contribution in [-0.2, 0) is 16.2 Å². The molecule has 1 amide bonds. The number of alkyl halides is 3. The molecule has 2 aromatic carbocycles. The number of piperazine rings is 1. The molecule has 1 aliphatic rings. The lowest BCUT2D eigenvalue weighted by atomic mass is 10.1. The first kappa shape index (κ1) is 22.1. The molecule has 0 atom stereocenters. The van der Waals surface area contributed by atoms with E-state index in [1.54, 1.807) is 0 Å². The molecule has 0 spiro atoms. The van der Waals surface area contributed by atoms with Gasteiger partial charge in [0.1, 0.15) is 0 Å². The smallest absolute Gasteiger partial charge is 0.369 e. The normalized spacial score (nSPS) is 15.8. The summed E-state index contributed by atoms with van der Waals surface area (Å²) in [6.07, 6.45) is -4.48. The number of benzene rings is 2. The lowest BCUT2D eigenvalue weighted by molar-refractivity contribution is -0.137. The van der Waals surface area contributed by atoms with E-state index in [0.717, 1.165) is 30.0 Å². The van der Waals surface area contributed by atoms with Crippen LogP contribution in [0.2, 0.25) is 0 Å². The lowest BCUT2D eigenvalue weighted by Crippen LogP contribution is -2.50. The predicted octanol–water partition coefficient (Wildman–Crippen LogP) is 2.59. The Bertz CT molecular complexity index is 956. The Labute approximate surface area is 173 Å². The van der Waals surface area contributed by atoms with Gasteiger partial charge in [-0.1, -0.05) is 18.2 Å². The first-order valence-electron chi connectivity index (χ1n) is 9.40. The summed E-state index contributed by atoms with van der Waals surface area (Å²) in [4.78, 5) is 14.2. The summed E-state index contributed by atoms with van der Waals surface area (Å²) in [5.74, 6) is -0.891. The second-order valence-corrected chi connectivity index (χ2v) is 8.96. The quantitative estimate of drug-likeness (QED) is 0.748. The minimum atomic E-state index is -4.48. The van der Waals surface area contributed by atoms with Crippen molar-refractivity contribution in [3.8, 4) is 0 Å². The molecule has 2 aromatic rings. The molecule has 6 nitrogen and oxygen atoms in total. The summed E-state index contributed by atoms with van der Waals surface area (Å²) >= 11 is 0. The van der Waals surface area contributed by atoms with E-state index in [0.29, 0.717) is 26.2 Å². The largest absolute Gasteiger partial charge is 0.416 e. The molecule has 0 aliphatic carbocycles. The first-order chi connectivity index (χ1) is 14.2. The number of hydrogen-bond donors (Lipinski definition) is 1. The molecule has 1 aliphatic heterocycles. The third-order valence-corrected chi connectivity index (χ3v) is 6.75. The Morgan fingerprint density at radius 2 is 1.53 bits per heavy atom. The fourth-order valence-corrected chi connectivity index (χ4v) is 4.54. The molecule has 1 fully saturated rings. The monoisotopic (exact) mass is 441 g/mol. The van der Waals surface area contributed by atoms with E-state index in [-0.39, 0.29) is 17.9 Å². The molecular formula is C20H22F3N3O3S. The van der Waals surface area contributed by atoms with Gasteiger partial charge >= 0.3 is 6.18 Å². The van der Waals surface area contributed by atoms with Crippen LogP contribution >= 0.6 is 0 Å². The highest BCUT2D eigenvalue weighted by Crippen LogP contribution is 2.29. The number of nitrogens with zero attached hydrogens (tertiary/aromatic N) is 2. The molecular weight excluding hydrogens is 419 g/mol. The number of amides is 1. The standard InChI is InChI=1S/C20H22F3N3O3S/c21-20(22,23)17-8-6-16(7-9-17)19(27)24-10-15-30(28,29)26-13-11-25(12-14-26)18-4-2-1-3-5-18/h1-9H,10-15H2,(H,24,27). The third kappa shape index (κ3) is 5.51. The fraction of sp³-hybridized carbons (Fsp3) is 0.350. The number of hydrogen-bond acceptors (Lipinski definition) is 4. The molecule has 0 saturated carbocycles. The van der Waals surface area contributed by atoms with Crippen LogP contribution in [-0.4, -0.2) is 57.1 Å². The Morgan fingerprint density at radius 1 is 0.933 bits per heavy atom. The van der Waals surface area contributed by atoms with Crippen LogP contribution in [0, 0.1) is 0 Å². The van der Waals surface area contributed by atoms with Gasteiger partial charge in [0.2, 0.25) is 10.0 Å². The van der Waals surface area contributed by atoms with E-state index in [4.69, 9.17) is 0 Å². The minimum absolute atomic E-state index is 0.0388. The molecule has 1 heterocycles. The van der Waals surface area contributed by atoms with Crippen molar-refractivity contribution in [2.24, 2.45) is 0 Å². The number of halogens is 3. The van der Waals surface area contributed by atoms with Gasteiger partial charge in [-0.25, -0.2) is 8.42 Å². The molecule has 0 radical (unpaired) electrons. The van der Waals surface area contributed by atoms with E-state index < -0.39 is 27.7 Å². The average molecular weight is 441 g/mol. The summed E-state index contributed by atoms with van der Waals surface area (Å²) in [7, 11) is -3.55. The average Bonchev–Trinajstić information content (AvgIpc) is 2.74. The second kappa shape index (κ2) is 9.05. The summed E-state index contributed by atoms with van der Waals surface area (Å²) in [6, 6.07) is 13.5. The maximum atomic E-state index is 12.6. The van der Waals surface area contributed by atoms with Gasteiger partial charge in [0.05, 0.1) is 11.3 Å². The number of carbonyl (C=O) groups is 1. The van der Waals surface area contributed by atoms with Gasteiger partial charge in [-0.05, 0) is 36.4 Å². The van der Waals surface area contributed by atoms with Crippen LogP contribution in [0.5, 0.6) is 0 Å². The molecule has 0 unspecified atom stereocenters. The van der Waals surface area contributed by atoms with Gasteiger partial charge in [-0.3, -0.25) is 4.79 Å². The molecule has 10 heteroatoms. The number of sulfonamides is 1. The highest BCUT2D eigenvalue weighted by atomic mass is 32.2. The summed E-state index contributed by atoms with van der Waals surface area (Å²) in [5.41, 5.74) is 0.228. The highest BCUT2D eigenvalue weighted by Gasteiger charge is 2.30. The number of anilines is 1. The van der Waals surface area contributed by atoms with E-state index >= 15 is 0 Å². The van der Waals surface area contributed by atoms with E-state index in [1.165, 1.54) is 4.31 Å². The van der Waals surface area contributed by atoms with Crippen LogP contribution in [0.15, 0.2) is 54.6 Å². The molecule has 1 N–H and O–H groups in total. The Balaban J connectivity index is 1.48. The van der Waals surface area contributed by atoms with E-state index in [1.807, 2.05) is 30.3 Å². The van der Waals surface area contributed by atoms with Gasteiger partial charge in [-0.15, -0.1) is 0 Å². The van der Waals surface area contributed by atoms with E-state index in [2.05, 4.69) is 10.2 Å². The van der Waals surface area contributed by atoms with Crippen molar-refractivity contribution in [1.29, 1.82) is 0 Å². The number of nitrogens with one attached hydrogen (secondary N) is 1. The summed E-state index contributed by atoms with van der Waals surface area (Å²) in [6.45, 7) is 1.72. The van der Waals surface area contributed by atoms with Crippen molar-refractivity contribution >= 4 is 21.6 Å². The van der Waals surface area contributed by atoms with Crippen LogP contribution < -0.4 is 10.2 Å².